The van der Waals surface area contributed by atoms with Gasteiger partial charge < -0.3 is 15.4 Å². The molecule has 2 aromatic rings. The number of rotatable bonds is 7. The summed E-state index contributed by atoms with van der Waals surface area (Å²) in [6.07, 6.45) is 0.322. The molecule has 2 rings (SSSR count). The summed E-state index contributed by atoms with van der Waals surface area (Å²) in [6.45, 7) is 3.79. The molecule has 0 aliphatic rings. The molecule has 0 unspecified atom stereocenters. The molecule has 0 saturated carbocycles. The Kier molecular flexibility index (Phi) is 7.24. The lowest BCUT2D eigenvalue weighted by atomic mass is 10.1. The zero-order valence-corrected chi connectivity index (χ0v) is 16.4. The van der Waals surface area contributed by atoms with Crippen LogP contribution >= 0.6 is 22.6 Å². The van der Waals surface area contributed by atoms with Crippen LogP contribution in [-0.4, -0.2) is 24.5 Å². The van der Waals surface area contributed by atoms with E-state index in [0.29, 0.717) is 17.9 Å². The predicted octanol–water partition coefficient (Wildman–Crippen LogP) is 3.38. The molecule has 0 fully saturated rings. The summed E-state index contributed by atoms with van der Waals surface area (Å²) < 4.78 is 6.55. The van der Waals surface area contributed by atoms with Crippen LogP contribution in [0.15, 0.2) is 48.5 Å². The summed E-state index contributed by atoms with van der Waals surface area (Å²) in [5.41, 5.74) is 1.57. The van der Waals surface area contributed by atoms with Crippen LogP contribution in [0, 0.1) is 3.57 Å². The molecular weight excluding hydrogens is 431 g/mol. The lowest BCUT2D eigenvalue weighted by Gasteiger charge is -2.10. The predicted molar refractivity (Wildman–Crippen MR) is 107 cm³/mol. The van der Waals surface area contributed by atoms with Crippen LogP contribution < -0.4 is 15.4 Å². The van der Waals surface area contributed by atoms with E-state index < -0.39 is 0 Å². The van der Waals surface area contributed by atoms with E-state index in [-0.39, 0.29) is 24.5 Å². The smallest absolute Gasteiger partial charge is 0.262 e. The van der Waals surface area contributed by atoms with Gasteiger partial charge in [0.25, 0.3) is 5.91 Å². The summed E-state index contributed by atoms with van der Waals surface area (Å²) in [7, 11) is 0. The maximum atomic E-state index is 11.9. The molecule has 0 aliphatic heterocycles. The normalized spacial score (nSPS) is 10.4. The monoisotopic (exact) mass is 452 g/mol. The summed E-state index contributed by atoms with van der Waals surface area (Å²) in [5.74, 6) is 0.406. The molecule has 25 heavy (non-hydrogen) atoms. The van der Waals surface area contributed by atoms with Crippen LogP contribution in [0.2, 0.25) is 0 Å². The summed E-state index contributed by atoms with van der Waals surface area (Å²) in [5, 5.41) is 5.62. The Morgan fingerprint density at radius 3 is 2.24 bits per heavy atom. The number of halogens is 1. The fourth-order valence-electron chi connectivity index (χ4n) is 2.14. The zero-order chi connectivity index (χ0) is 18.2. The van der Waals surface area contributed by atoms with E-state index in [1.54, 1.807) is 12.1 Å². The number of anilines is 1. The van der Waals surface area contributed by atoms with E-state index in [0.717, 1.165) is 9.13 Å². The fraction of sp³-hybridized carbons (Fsp3) is 0.263. The second kappa shape index (κ2) is 9.41. The second-order valence-corrected chi connectivity index (χ2v) is 7.13. The van der Waals surface area contributed by atoms with Crippen LogP contribution in [0.4, 0.5) is 5.69 Å². The molecule has 0 aromatic heterocycles. The lowest BCUT2D eigenvalue weighted by molar-refractivity contribution is -0.121. The SMILES string of the molecule is CC(C)NC(=O)Cc1ccc(NC(=O)COc2ccc(I)cc2)cc1. The van der Waals surface area contributed by atoms with Crippen molar-refractivity contribution in [1.29, 1.82) is 0 Å². The highest BCUT2D eigenvalue weighted by Crippen LogP contribution is 2.14. The Balaban J connectivity index is 1.80. The van der Waals surface area contributed by atoms with E-state index in [4.69, 9.17) is 4.74 Å². The van der Waals surface area contributed by atoms with Gasteiger partial charge in [-0.3, -0.25) is 9.59 Å². The minimum atomic E-state index is -0.233. The van der Waals surface area contributed by atoms with Crippen LogP contribution in [0.25, 0.3) is 0 Å². The van der Waals surface area contributed by atoms with Crippen molar-refractivity contribution in [1.82, 2.24) is 5.32 Å². The van der Waals surface area contributed by atoms with Gasteiger partial charge in [0.2, 0.25) is 5.91 Å². The van der Waals surface area contributed by atoms with Gasteiger partial charge in [-0.15, -0.1) is 0 Å². The molecule has 132 valence electrons. The van der Waals surface area contributed by atoms with Gasteiger partial charge in [0.05, 0.1) is 6.42 Å². The molecule has 0 heterocycles. The van der Waals surface area contributed by atoms with E-state index in [9.17, 15) is 9.59 Å². The molecule has 2 amide bonds. The maximum absolute atomic E-state index is 11.9. The molecular formula is C19H21IN2O3. The number of carbonyl (C=O) groups is 2. The van der Waals surface area contributed by atoms with E-state index in [1.165, 1.54) is 0 Å². The Hall–Kier alpha value is -2.09. The first kappa shape index (κ1) is 19.2. The number of ether oxygens (including phenoxy) is 1. The third kappa shape index (κ3) is 7.13. The average Bonchev–Trinajstić information content (AvgIpc) is 2.55. The van der Waals surface area contributed by atoms with Crippen molar-refractivity contribution in [2.24, 2.45) is 0 Å². The van der Waals surface area contributed by atoms with Gasteiger partial charge in [0, 0.05) is 15.3 Å². The van der Waals surface area contributed by atoms with E-state index >= 15 is 0 Å². The molecule has 5 nitrogen and oxygen atoms in total. The van der Waals surface area contributed by atoms with Crippen LogP contribution in [-0.2, 0) is 16.0 Å². The lowest BCUT2D eigenvalue weighted by Crippen LogP contribution is -2.31. The largest absolute Gasteiger partial charge is 0.484 e. The molecule has 6 heteroatoms. The van der Waals surface area contributed by atoms with Crippen molar-refractivity contribution in [3.63, 3.8) is 0 Å². The van der Waals surface area contributed by atoms with Crippen LogP contribution in [0.1, 0.15) is 19.4 Å². The molecule has 0 aliphatic carbocycles. The van der Waals surface area contributed by atoms with Crippen molar-refractivity contribution in [2.75, 3.05) is 11.9 Å². The quantitative estimate of drug-likeness (QED) is 0.634. The topological polar surface area (TPSA) is 67.4 Å². The van der Waals surface area contributed by atoms with Crippen molar-refractivity contribution >= 4 is 40.1 Å². The number of hydrogen-bond acceptors (Lipinski definition) is 3. The molecule has 0 spiro atoms. The van der Waals surface area contributed by atoms with Gasteiger partial charge in [-0.1, -0.05) is 12.1 Å². The number of amides is 2. The van der Waals surface area contributed by atoms with Crippen LogP contribution in [0.5, 0.6) is 5.75 Å². The fourth-order valence-corrected chi connectivity index (χ4v) is 2.50. The number of carbonyl (C=O) groups excluding carboxylic acids is 2. The van der Waals surface area contributed by atoms with E-state index in [2.05, 4.69) is 33.2 Å². The van der Waals surface area contributed by atoms with Crippen LogP contribution in [0.3, 0.4) is 0 Å². The van der Waals surface area contributed by atoms with Crippen molar-refractivity contribution in [3.05, 3.63) is 57.7 Å². The number of hydrogen-bond donors (Lipinski definition) is 2. The molecule has 0 radical (unpaired) electrons. The van der Waals surface area contributed by atoms with Gasteiger partial charge in [-0.05, 0) is 78.4 Å². The minimum Gasteiger partial charge on any atom is -0.484 e. The molecule has 2 aromatic carbocycles. The van der Waals surface area contributed by atoms with Gasteiger partial charge in [0.1, 0.15) is 5.75 Å². The minimum absolute atomic E-state index is 0.0160. The van der Waals surface area contributed by atoms with Crippen molar-refractivity contribution in [3.8, 4) is 5.75 Å². The standard InChI is InChI=1S/C19H21IN2O3/c1-13(2)21-18(23)11-14-3-7-16(8-4-14)22-19(24)12-25-17-9-5-15(20)6-10-17/h3-10,13H,11-12H2,1-2H3,(H,21,23)(H,22,24). The Morgan fingerprint density at radius 1 is 1.00 bits per heavy atom. The summed E-state index contributed by atoms with van der Waals surface area (Å²) in [6, 6.07) is 14.8. The summed E-state index contributed by atoms with van der Waals surface area (Å²) in [4.78, 5) is 23.7. The van der Waals surface area contributed by atoms with Gasteiger partial charge in [0.15, 0.2) is 6.61 Å². The van der Waals surface area contributed by atoms with Gasteiger partial charge in [-0.25, -0.2) is 0 Å². The zero-order valence-electron chi connectivity index (χ0n) is 14.2. The van der Waals surface area contributed by atoms with Crippen molar-refractivity contribution < 1.29 is 14.3 Å². The Morgan fingerprint density at radius 2 is 1.64 bits per heavy atom. The molecule has 2 N–H and O–H groups in total. The second-order valence-electron chi connectivity index (χ2n) is 5.89. The van der Waals surface area contributed by atoms with Gasteiger partial charge >= 0.3 is 0 Å². The Bertz CT molecular complexity index is 712. The maximum Gasteiger partial charge on any atom is 0.262 e. The number of nitrogens with one attached hydrogen (secondary N) is 2. The highest BCUT2D eigenvalue weighted by molar-refractivity contribution is 14.1. The third-order valence-corrected chi connectivity index (χ3v) is 3.95. The van der Waals surface area contributed by atoms with E-state index in [1.807, 2.05) is 50.2 Å². The third-order valence-electron chi connectivity index (χ3n) is 3.24. The van der Waals surface area contributed by atoms with Gasteiger partial charge in [-0.2, -0.15) is 0 Å². The Labute approximate surface area is 161 Å². The van der Waals surface area contributed by atoms with Crippen molar-refractivity contribution in [2.45, 2.75) is 26.3 Å². The molecule has 0 saturated heterocycles. The first-order valence-electron chi connectivity index (χ1n) is 7.99. The first-order valence-corrected chi connectivity index (χ1v) is 9.07. The average molecular weight is 452 g/mol. The highest BCUT2D eigenvalue weighted by atomic mass is 127. The molecule has 0 atom stereocenters. The highest BCUT2D eigenvalue weighted by Gasteiger charge is 2.07. The summed E-state index contributed by atoms with van der Waals surface area (Å²) >= 11 is 2.21. The first-order chi connectivity index (χ1) is 11.9. The molecule has 0 bridgehead atoms. The number of benzene rings is 2.